The van der Waals surface area contributed by atoms with Crippen LogP contribution in [0.3, 0.4) is 0 Å². The third kappa shape index (κ3) is 4.30. The number of rotatable bonds is 5. The van der Waals surface area contributed by atoms with Crippen LogP contribution in [0, 0.1) is 11.3 Å². The van der Waals surface area contributed by atoms with E-state index in [0.29, 0.717) is 22.8 Å². The largest absolute Gasteiger partial charge is 0.545 e. The maximum Gasteiger partial charge on any atom is 0.266 e. The Morgan fingerprint density at radius 2 is 1.70 bits per heavy atom. The van der Waals surface area contributed by atoms with E-state index in [1.54, 1.807) is 48.5 Å². The number of furan rings is 1. The van der Waals surface area contributed by atoms with E-state index in [2.05, 4.69) is 5.32 Å². The molecule has 6 nitrogen and oxygen atoms in total. The van der Waals surface area contributed by atoms with Gasteiger partial charge in [-0.2, -0.15) is 5.26 Å². The monoisotopic (exact) mass is 357 g/mol. The van der Waals surface area contributed by atoms with E-state index in [-0.39, 0.29) is 11.1 Å². The number of anilines is 1. The molecule has 0 saturated heterocycles. The Balaban J connectivity index is 1.79. The smallest absolute Gasteiger partial charge is 0.266 e. The maximum atomic E-state index is 12.2. The van der Waals surface area contributed by atoms with Crippen LogP contribution in [-0.2, 0) is 4.79 Å². The molecule has 0 aliphatic rings. The fourth-order valence-corrected chi connectivity index (χ4v) is 2.37. The van der Waals surface area contributed by atoms with Gasteiger partial charge in [0.1, 0.15) is 23.2 Å². The topological polar surface area (TPSA) is 106 Å². The highest BCUT2D eigenvalue weighted by Gasteiger charge is 2.11. The zero-order valence-corrected chi connectivity index (χ0v) is 14.0. The molecule has 3 aromatic rings. The minimum atomic E-state index is -1.26. The standard InChI is InChI=1S/C21H14N2O4/c22-13-16(20(24)23-17-4-2-1-3-5-17)12-18-10-11-19(27-18)14-6-8-15(9-7-14)21(25)26/h1-12H,(H,23,24)(H,25,26)/p-1/b16-12+. The lowest BCUT2D eigenvalue weighted by atomic mass is 10.1. The Labute approximate surface area is 155 Å². The molecule has 0 bridgehead atoms. The molecule has 132 valence electrons. The summed E-state index contributed by atoms with van der Waals surface area (Å²) in [6.45, 7) is 0. The lowest BCUT2D eigenvalue weighted by molar-refractivity contribution is -0.255. The van der Waals surface area contributed by atoms with Gasteiger partial charge in [0, 0.05) is 17.3 Å². The number of aromatic carboxylic acids is 1. The van der Waals surface area contributed by atoms with Crippen LogP contribution in [0.25, 0.3) is 17.4 Å². The van der Waals surface area contributed by atoms with E-state index >= 15 is 0 Å². The van der Waals surface area contributed by atoms with E-state index in [1.165, 1.54) is 18.2 Å². The van der Waals surface area contributed by atoms with Gasteiger partial charge < -0.3 is 19.6 Å². The number of carbonyl (C=O) groups excluding carboxylic acids is 2. The van der Waals surface area contributed by atoms with E-state index in [1.807, 2.05) is 12.1 Å². The Morgan fingerprint density at radius 3 is 2.33 bits per heavy atom. The number of amides is 1. The van der Waals surface area contributed by atoms with Crippen molar-refractivity contribution in [2.45, 2.75) is 0 Å². The second-order valence-corrected chi connectivity index (χ2v) is 5.56. The molecular weight excluding hydrogens is 344 g/mol. The average molecular weight is 357 g/mol. The van der Waals surface area contributed by atoms with Gasteiger partial charge in [0.05, 0.1) is 5.97 Å². The number of nitrogens with one attached hydrogen (secondary N) is 1. The van der Waals surface area contributed by atoms with Crippen LogP contribution in [0.2, 0.25) is 0 Å². The molecule has 0 unspecified atom stereocenters. The first-order valence-electron chi connectivity index (χ1n) is 7.96. The number of carbonyl (C=O) groups is 2. The number of carboxylic acid groups (broad SMARTS) is 1. The lowest BCUT2D eigenvalue weighted by Crippen LogP contribution is -2.21. The van der Waals surface area contributed by atoms with E-state index in [9.17, 15) is 20.0 Å². The zero-order chi connectivity index (χ0) is 19.2. The Hall–Kier alpha value is -4.11. The predicted octanol–water partition coefficient (Wildman–Crippen LogP) is 2.86. The number of hydrogen-bond donors (Lipinski definition) is 1. The van der Waals surface area contributed by atoms with Gasteiger partial charge in [-0.25, -0.2) is 0 Å². The van der Waals surface area contributed by atoms with Crippen molar-refractivity contribution in [1.29, 1.82) is 5.26 Å². The Kier molecular flexibility index (Phi) is 5.15. The fraction of sp³-hybridized carbons (Fsp3) is 0. The molecule has 1 N–H and O–H groups in total. The van der Waals surface area contributed by atoms with E-state index in [4.69, 9.17) is 4.42 Å². The first-order chi connectivity index (χ1) is 13.1. The van der Waals surface area contributed by atoms with Crippen molar-refractivity contribution in [3.63, 3.8) is 0 Å². The summed E-state index contributed by atoms with van der Waals surface area (Å²) in [6.07, 6.45) is 1.34. The molecule has 1 amide bonds. The molecule has 0 radical (unpaired) electrons. The summed E-state index contributed by atoms with van der Waals surface area (Å²) in [6, 6.07) is 20.0. The van der Waals surface area contributed by atoms with Crippen molar-refractivity contribution in [3.8, 4) is 17.4 Å². The number of nitrogens with zero attached hydrogens (tertiary/aromatic N) is 1. The lowest BCUT2D eigenvalue weighted by Gasteiger charge is -2.03. The molecule has 2 aromatic carbocycles. The van der Waals surface area contributed by atoms with E-state index < -0.39 is 11.9 Å². The van der Waals surface area contributed by atoms with Gasteiger partial charge in [-0.15, -0.1) is 0 Å². The van der Waals surface area contributed by atoms with Crippen LogP contribution < -0.4 is 10.4 Å². The minimum Gasteiger partial charge on any atom is -0.545 e. The number of para-hydroxylation sites is 1. The molecule has 0 aliphatic heterocycles. The van der Waals surface area contributed by atoms with Crippen LogP contribution in [-0.4, -0.2) is 11.9 Å². The number of nitriles is 1. The molecule has 6 heteroatoms. The van der Waals surface area contributed by atoms with Crippen LogP contribution in [0.15, 0.2) is 76.7 Å². The van der Waals surface area contributed by atoms with Crippen molar-refractivity contribution >= 4 is 23.6 Å². The van der Waals surface area contributed by atoms with Crippen molar-refractivity contribution in [2.24, 2.45) is 0 Å². The molecule has 1 heterocycles. The van der Waals surface area contributed by atoms with Gasteiger partial charge in [-0.05, 0) is 29.8 Å². The van der Waals surface area contributed by atoms with Crippen molar-refractivity contribution in [3.05, 3.63) is 83.6 Å². The first-order valence-corrected chi connectivity index (χ1v) is 7.96. The number of carboxylic acids is 1. The molecule has 3 rings (SSSR count). The van der Waals surface area contributed by atoms with E-state index in [0.717, 1.165) is 0 Å². The second kappa shape index (κ2) is 7.85. The summed E-state index contributed by atoms with van der Waals surface area (Å²) in [4.78, 5) is 23.0. The molecule has 27 heavy (non-hydrogen) atoms. The molecule has 0 spiro atoms. The zero-order valence-electron chi connectivity index (χ0n) is 14.0. The molecular formula is C21H13N2O4-. The second-order valence-electron chi connectivity index (χ2n) is 5.56. The van der Waals surface area contributed by atoms with Gasteiger partial charge in [0.2, 0.25) is 0 Å². The average Bonchev–Trinajstić information content (AvgIpc) is 3.15. The highest BCUT2D eigenvalue weighted by molar-refractivity contribution is 6.09. The minimum absolute atomic E-state index is 0.0646. The maximum absolute atomic E-state index is 12.2. The first kappa shape index (κ1) is 17.7. The summed E-state index contributed by atoms with van der Waals surface area (Å²) >= 11 is 0. The van der Waals surface area contributed by atoms with Gasteiger partial charge in [-0.3, -0.25) is 4.79 Å². The summed E-state index contributed by atoms with van der Waals surface area (Å²) in [7, 11) is 0. The molecule has 0 aliphatic carbocycles. The molecule has 0 atom stereocenters. The summed E-state index contributed by atoms with van der Waals surface area (Å²) < 4.78 is 5.63. The summed E-state index contributed by atoms with van der Waals surface area (Å²) in [5, 5.41) is 22.7. The normalized spacial score (nSPS) is 10.9. The van der Waals surface area contributed by atoms with Gasteiger partial charge in [0.15, 0.2) is 0 Å². The predicted molar refractivity (Wildman–Crippen MR) is 97.1 cm³/mol. The van der Waals surface area contributed by atoms with Crippen molar-refractivity contribution in [2.75, 3.05) is 5.32 Å². The molecule has 0 saturated carbocycles. The van der Waals surface area contributed by atoms with Crippen LogP contribution in [0.4, 0.5) is 5.69 Å². The van der Waals surface area contributed by atoms with Crippen LogP contribution >= 0.6 is 0 Å². The number of benzene rings is 2. The highest BCUT2D eigenvalue weighted by Crippen LogP contribution is 2.24. The van der Waals surface area contributed by atoms with Crippen LogP contribution in [0.5, 0.6) is 0 Å². The SMILES string of the molecule is N#C/C(=C\c1ccc(-c2ccc(C(=O)[O-])cc2)o1)C(=O)Nc1ccccc1. The fourth-order valence-electron chi connectivity index (χ4n) is 2.37. The van der Waals surface area contributed by atoms with Gasteiger partial charge in [-0.1, -0.05) is 42.5 Å². The van der Waals surface area contributed by atoms with Crippen molar-refractivity contribution in [1.82, 2.24) is 0 Å². The summed E-state index contributed by atoms with van der Waals surface area (Å²) in [5.74, 6) is -0.992. The highest BCUT2D eigenvalue weighted by atomic mass is 16.4. The molecule has 0 fully saturated rings. The van der Waals surface area contributed by atoms with Gasteiger partial charge in [0.25, 0.3) is 5.91 Å². The Bertz CT molecular complexity index is 1040. The summed E-state index contributed by atoms with van der Waals surface area (Å²) in [5.41, 5.74) is 1.20. The van der Waals surface area contributed by atoms with Crippen LogP contribution in [0.1, 0.15) is 16.1 Å². The Morgan fingerprint density at radius 1 is 1.00 bits per heavy atom. The quantitative estimate of drug-likeness (QED) is 0.558. The van der Waals surface area contributed by atoms with Gasteiger partial charge >= 0.3 is 0 Å². The third-order valence-electron chi connectivity index (χ3n) is 3.72. The van der Waals surface area contributed by atoms with Crippen molar-refractivity contribution < 1.29 is 19.1 Å². The third-order valence-corrected chi connectivity index (χ3v) is 3.72. The number of hydrogen-bond acceptors (Lipinski definition) is 5. The molecule has 1 aromatic heterocycles.